The third-order valence-corrected chi connectivity index (χ3v) is 6.49. The number of unbranched alkanes of at least 4 members (excludes halogenated alkanes) is 7. The first-order chi connectivity index (χ1) is 16.8. The van der Waals surface area contributed by atoms with E-state index in [0.717, 1.165) is 12.8 Å². The van der Waals surface area contributed by atoms with E-state index in [-0.39, 0.29) is 22.8 Å². The Morgan fingerprint density at radius 2 is 1.54 bits per heavy atom. The van der Waals surface area contributed by atoms with E-state index >= 15 is 0 Å². The number of carbonyl (C=O) groups is 2. The van der Waals surface area contributed by atoms with Crippen LogP contribution in [0.1, 0.15) is 93.6 Å². The highest BCUT2D eigenvalue weighted by atomic mass is 35.5. The number of rotatable bonds is 14. The molecule has 6 heteroatoms. The van der Waals surface area contributed by atoms with Gasteiger partial charge in [-0.15, -0.1) is 11.6 Å². The molecule has 2 aromatic rings. The predicted molar refractivity (Wildman–Crippen MR) is 139 cm³/mol. The summed E-state index contributed by atoms with van der Waals surface area (Å²) in [6.45, 7) is 5.83. The SMILES string of the molecule is CCCCCCCCCCc1ccc(OC(=O)c2ccc(OC(=O)C(Cl)C(C)C)c(C#N)c2)cc1. The van der Waals surface area contributed by atoms with Crippen molar-refractivity contribution >= 4 is 23.5 Å². The van der Waals surface area contributed by atoms with E-state index in [1.165, 1.54) is 68.7 Å². The minimum Gasteiger partial charge on any atom is -0.424 e. The first kappa shape index (κ1) is 28.4. The Labute approximate surface area is 214 Å². The lowest BCUT2D eigenvalue weighted by Crippen LogP contribution is -2.25. The second kappa shape index (κ2) is 15.2. The number of nitriles is 1. The molecule has 2 aromatic carbocycles. The van der Waals surface area contributed by atoms with Crippen molar-refractivity contribution < 1.29 is 19.1 Å². The Balaban J connectivity index is 1.86. The summed E-state index contributed by atoms with van der Waals surface area (Å²) in [6.07, 6.45) is 11.3. The molecule has 0 aliphatic heterocycles. The summed E-state index contributed by atoms with van der Waals surface area (Å²) in [5, 5.41) is 8.60. The van der Waals surface area contributed by atoms with E-state index in [1.54, 1.807) is 26.0 Å². The molecular formula is C29H36ClNO4. The van der Waals surface area contributed by atoms with Gasteiger partial charge in [-0.3, -0.25) is 4.79 Å². The summed E-state index contributed by atoms with van der Waals surface area (Å²) in [6, 6.07) is 13.7. The van der Waals surface area contributed by atoms with Crippen molar-refractivity contribution in [3.05, 3.63) is 59.2 Å². The molecule has 0 spiro atoms. The minimum absolute atomic E-state index is 0.0566. The van der Waals surface area contributed by atoms with Crippen LogP contribution in [-0.2, 0) is 11.2 Å². The van der Waals surface area contributed by atoms with E-state index in [1.807, 2.05) is 18.2 Å². The molecule has 0 heterocycles. The van der Waals surface area contributed by atoms with E-state index in [9.17, 15) is 14.9 Å². The first-order valence-corrected chi connectivity index (χ1v) is 13.0. The Kier molecular flexibility index (Phi) is 12.3. The third kappa shape index (κ3) is 9.74. The largest absolute Gasteiger partial charge is 0.424 e. The van der Waals surface area contributed by atoms with Crippen LogP contribution in [0.15, 0.2) is 42.5 Å². The molecule has 2 rings (SSSR count). The number of esters is 2. The van der Waals surface area contributed by atoms with Crippen molar-refractivity contribution in [3.8, 4) is 17.6 Å². The van der Waals surface area contributed by atoms with Crippen LogP contribution in [0.3, 0.4) is 0 Å². The van der Waals surface area contributed by atoms with Crippen molar-refractivity contribution in [2.24, 2.45) is 5.92 Å². The van der Waals surface area contributed by atoms with Crippen LogP contribution < -0.4 is 9.47 Å². The van der Waals surface area contributed by atoms with Crippen LogP contribution in [0.5, 0.6) is 11.5 Å². The van der Waals surface area contributed by atoms with Gasteiger partial charge >= 0.3 is 11.9 Å². The molecule has 0 saturated heterocycles. The Morgan fingerprint density at radius 1 is 0.914 bits per heavy atom. The number of aryl methyl sites for hydroxylation is 1. The Morgan fingerprint density at radius 3 is 2.14 bits per heavy atom. The molecule has 0 bridgehead atoms. The number of hydrogen-bond acceptors (Lipinski definition) is 5. The third-order valence-electron chi connectivity index (χ3n) is 5.81. The summed E-state index contributed by atoms with van der Waals surface area (Å²) in [5.74, 6) is -0.847. The van der Waals surface area contributed by atoms with Crippen molar-refractivity contribution in [2.45, 2.75) is 83.9 Å². The molecule has 0 saturated carbocycles. The molecule has 0 aliphatic rings. The Hall–Kier alpha value is -2.84. The molecule has 0 N–H and O–H groups in total. The lowest BCUT2D eigenvalue weighted by molar-refractivity contribution is -0.134. The minimum atomic E-state index is -0.829. The normalized spacial score (nSPS) is 11.7. The highest BCUT2D eigenvalue weighted by molar-refractivity contribution is 6.30. The lowest BCUT2D eigenvalue weighted by Gasteiger charge is -2.13. The summed E-state index contributed by atoms with van der Waals surface area (Å²) >= 11 is 6.03. The van der Waals surface area contributed by atoms with Crippen molar-refractivity contribution in [2.75, 3.05) is 0 Å². The van der Waals surface area contributed by atoms with Gasteiger partial charge in [0.2, 0.25) is 0 Å². The molecule has 35 heavy (non-hydrogen) atoms. The molecular weight excluding hydrogens is 462 g/mol. The van der Waals surface area contributed by atoms with Gasteiger partial charge in [-0.1, -0.05) is 77.8 Å². The van der Waals surface area contributed by atoms with Crippen LogP contribution in [0.25, 0.3) is 0 Å². The van der Waals surface area contributed by atoms with Crippen LogP contribution in [0.2, 0.25) is 0 Å². The van der Waals surface area contributed by atoms with E-state index in [0.29, 0.717) is 5.75 Å². The lowest BCUT2D eigenvalue weighted by atomic mass is 10.0. The van der Waals surface area contributed by atoms with Gasteiger partial charge < -0.3 is 9.47 Å². The molecule has 0 radical (unpaired) electrons. The van der Waals surface area contributed by atoms with E-state index in [4.69, 9.17) is 21.1 Å². The summed E-state index contributed by atoms with van der Waals surface area (Å²) in [4.78, 5) is 24.7. The van der Waals surface area contributed by atoms with Gasteiger partial charge in [0.15, 0.2) is 0 Å². The van der Waals surface area contributed by atoms with Crippen molar-refractivity contribution in [3.63, 3.8) is 0 Å². The maximum absolute atomic E-state index is 12.6. The van der Waals surface area contributed by atoms with E-state index < -0.39 is 17.3 Å². The topological polar surface area (TPSA) is 76.4 Å². The summed E-state index contributed by atoms with van der Waals surface area (Å²) in [7, 11) is 0. The number of ether oxygens (including phenoxy) is 2. The number of nitrogens with zero attached hydrogens (tertiary/aromatic N) is 1. The fourth-order valence-corrected chi connectivity index (χ4v) is 3.67. The average molecular weight is 498 g/mol. The second-order valence-corrected chi connectivity index (χ2v) is 9.62. The van der Waals surface area contributed by atoms with E-state index in [2.05, 4.69) is 6.92 Å². The standard InChI is InChI=1S/C29H36ClNO4/c1-4-5-6-7-8-9-10-11-12-22-13-16-25(17-14-22)34-28(32)23-15-18-26(24(19-23)20-31)35-29(33)27(30)21(2)3/h13-19,21,27H,4-12H2,1-3H3. The molecule has 188 valence electrons. The smallest absolute Gasteiger partial charge is 0.343 e. The zero-order chi connectivity index (χ0) is 25.6. The molecule has 5 nitrogen and oxygen atoms in total. The number of hydrogen-bond donors (Lipinski definition) is 0. The highest BCUT2D eigenvalue weighted by Gasteiger charge is 2.23. The van der Waals surface area contributed by atoms with Crippen molar-refractivity contribution in [1.29, 1.82) is 5.26 Å². The number of benzene rings is 2. The molecule has 0 aromatic heterocycles. The maximum Gasteiger partial charge on any atom is 0.343 e. The van der Waals surface area contributed by atoms with Crippen molar-refractivity contribution in [1.82, 2.24) is 0 Å². The molecule has 0 amide bonds. The Bertz CT molecular complexity index is 995. The zero-order valence-corrected chi connectivity index (χ0v) is 21.8. The van der Waals surface area contributed by atoms with Gasteiger partial charge in [0.05, 0.1) is 11.1 Å². The number of halogens is 1. The van der Waals surface area contributed by atoms with Gasteiger partial charge in [-0.05, 0) is 54.7 Å². The number of alkyl halides is 1. The monoisotopic (exact) mass is 497 g/mol. The maximum atomic E-state index is 12.6. The first-order valence-electron chi connectivity index (χ1n) is 12.6. The van der Waals surface area contributed by atoms with Crippen LogP contribution in [0, 0.1) is 17.2 Å². The van der Waals surface area contributed by atoms with Crippen LogP contribution in [-0.4, -0.2) is 17.3 Å². The van der Waals surface area contributed by atoms with Crippen LogP contribution >= 0.6 is 11.6 Å². The fourth-order valence-electron chi connectivity index (χ4n) is 3.62. The zero-order valence-electron chi connectivity index (χ0n) is 21.0. The fraction of sp³-hybridized carbons (Fsp3) is 0.483. The predicted octanol–water partition coefficient (Wildman–Crippen LogP) is 7.63. The van der Waals surface area contributed by atoms with Gasteiger partial charge in [0.25, 0.3) is 0 Å². The average Bonchev–Trinajstić information content (AvgIpc) is 2.86. The van der Waals surface area contributed by atoms with Gasteiger partial charge in [0, 0.05) is 0 Å². The van der Waals surface area contributed by atoms with Gasteiger partial charge in [-0.2, -0.15) is 5.26 Å². The molecule has 0 fully saturated rings. The number of carbonyl (C=O) groups excluding carboxylic acids is 2. The second-order valence-electron chi connectivity index (χ2n) is 9.15. The molecule has 0 aliphatic carbocycles. The quantitative estimate of drug-likeness (QED) is 0.116. The molecule has 1 atom stereocenters. The van der Waals surface area contributed by atoms with Gasteiger partial charge in [0.1, 0.15) is 22.9 Å². The van der Waals surface area contributed by atoms with Gasteiger partial charge in [-0.25, -0.2) is 4.79 Å². The summed E-state index contributed by atoms with van der Waals surface area (Å²) in [5.41, 5.74) is 1.46. The van der Waals surface area contributed by atoms with Crippen LogP contribution in [0.4, 0.5) is 0 Å². The summed E-state index contributed by atoms with van der Waals surface area (Å²) < 4.78 is 10.7. The molecule has 1 unspecified atom stereocenters. The highest BCUT2D eigenvalue weighted by Crippen LogP contribution is 2.23.